The zero-order valence-electron chi connectivity index (χ0n) is 8.66. The van der Waals surface area contributed by atoms with Crippen molar-refractivity contribution in [2.45, 2.75) is 19.4 Å². The van der Waals surface area contributed by atoms with Crippen molar-refractivity contribution in [3.8, 4) is 0 Å². The summed E-state index contributed by atoms with van der Waals surface area (Å²) in [5.41, 5.74) is -0.725. The van der Waals surface area contributed by atoms with Gasteiger partial charge in [-0.2, -0.15) is 0 Å². The van der Waals surface area contributed by atoms with Crippen LogP contribution in [-0.4, -0.2) is 37.9 Å². The van der Waals surface area contributed by atoms with Crippen LogP contribution < -0.4 is 10.6 Å². The fourth-order valence-corrected chi connectivity index (χ4v) is 0.910. The van der Waals surface area contributed by atoms with Gasteiger partial charge in [0.1, 0.15) is 5.54 Å². The molecular formula is C8H14N2O5. The molecule has 0 aliphatic carbocycles. The fraction of sp³-hybridized carbons (Fsp3) is 0.750. The van der Waals surface area contributed by atoms with Gasteiger partial charge < -0.3 is 19.5 Å². The van der Waals surface area contributed by atoms with Crippen LogP contribution in [0.5, 0.6) is 0 Å². The molecule has 7 nitrogen and oxygen atoms in total. The maximum Gasteiger partial charge on any atom is 0.322 e. The number of amides is 3. The Balaban J connectivity index is 0.000000162. The number of urea groups is 1. The van der Waals surface area contributed by atoms with E-state index in [1.54, 1.807) is 13.8 Å². The third-order valence-corrected chi connectivity index (χ3v) is 1.72. The second-order valence-electron chi connectivity index (χ2n) is 3.50. The van der Waals surface area contributed by atoms with Crippen molar-refractivity contribution in [3.05, 3.63) is 0 Å². The highest BCUT2D eigenvalue weighted by molar-refractivity contribution is 6.06. The van der Waals surface area contributed by atoms with Crippen LogP contribution in [0.3, 0.4) is 0 Å². The molecule has 0 aromatic heterocycles. The van der Waals surface area contributed by atoms with E-state index < -0.39 is 11.6 Å². The summed E-state index contributed by atoms with van der Waals surface area (Å²) in [6, 6.07) is -0.412. The van der Waals surface area contributed by atoms with Crippen molar-refractivity contribution in [2.75, 3.05) is 20.4 Å². The monoisotopic (exact) mass is 218 g/mol. The molecule has 2 fully saturated rings. The molecule has 2 rings (SSSR count). The lowest BCUT2D eigenvalue weighted by Crippen LogP contribution is -2.39. The van der Waals surface area contributed by atoms with Gasteiger partial charge in [0.15, 0.2) is 20.4 Å². The van der Waals surface area contributed by atoms with E-state index in [4.69, 9.17) is 0 Å². The zero-order valence-corrected chi connectivity index (χ0v) is 8.66. The molecule has 2 N–H and O–H groups in total. The van der Waals surface area contributed by atoms with Crippen LogP contribution in [-0.2, 0) is 19.0 Å². The van der Waals surface area contributed by atoms with E-state index in [2.05, 4.69) is 24.8 Å². The van der Waals surface area contributed by atoms with Gasteiger partial charge in [0.25, 0.3) is 5.91 Å². The first kappa shape index (κ1) is 11.9. The summed E-state index contributed by atoms with van der Waals surface area (Å²) in [5, 5.41) is 4.56. The zero-order chi connectivity index (χ0) is 11.3. The van der Waals surface area contributed by atoms with Crippen LogP contribution in [0.2, 0.25) is 0 Å². The van der Waals surface area contributed by atoms with Crippen LogP contribution in [0, 0.1) is 0 Å². The predicted octanol–water partition coefficient (Wildman–Crippen LogP) is -0.473. The molecule has 2 saturated heterocycles. The lowest BCUT2D eigenvalue weighted by atomic mass is 10.1. The van der Waals surface area contributed by atoms with Crippen LogP contribution in [0.15, 0.2) is 0 Å². The molecule has 2 aliphatic heterocycles. The Morgan fingerprint density at radius 2 is 1.53 bits per heavy atom. The summed E-state index contributed by atoms with van der Waals surface area (Å²) >= 11 is 0. The van der Waals surface area contributed by atoms with Crippen LogP contribution in [0.25, 0.3) is 0 Å². The lowest BCUT2D eigenvalue weighted by Gasteiger charge is -2.11. The predicted molar refractivity (Wildman–Crippen MR) is 48.6 cm³/mol. The van der Waals surface area contributed by atoms with Gasteiger partial charge in [0.2, 0.25) is 0 Å². The van der Waals surface area contributed by atoms with Gasteiger partial charge in [0, 0.05) is 0 Å². The Morgan fingerprint density at radius 1 is 1.07 bits per heavy atom. The van der Waals surface area contributed by atoms with Crippen molar-refractivity contribution >= 4 is 11.9 Å². The molecule has 0 aromatic rings. The highest BCUT2D eigenvalue weighted by Crippen LogP contribution is 2.05. The summed E-state index contributed by atoms with van der Waals surface area (Å²) in [5.74, 6) is -0.271. The molecule has 0 atom stereocenters. The summed E-state index contributed by atoms with van der Waals surface area (Å²) in [6.07, 6.45) is 0. The summed E-state index contributed by atoms with van der Waals surface area (Å²) in [6.45, 7) is 4.42. The number of ether oxygens (including phenoxy) is 3. The smallest absolute Gasteiger partial charge is 0.322 e. The number of nitrogens with one attached hydrogen (secondary N) is 2. The van der Waals surface area contributed by atoms with E-state index in [1.807, 2.05) is 0 Å². The molecule has 7 heteroatoms. The van der Waals surface area contributed by atoms with Gasteiger partial charge in [-0.05, 0) is 13.8 Å². The Bertz CT molecular complexity index is 238. The minimum absolute atomic E-state index is 0.271. The molecule has 0 saturated carbocycles. The minimum Gasteiger partial charge on any atom is -0.329 e. The number of hydrogen-bond acceptors (Lipinski definition) is 5. The molecule has 0 unspecified atom stereocenters. The van der Waals surface area contributed by atoms with E-state index >= 15 is 0 Å². The number of rotatable bonds is 0. The fourth-order valence-electron chi connectivity index (χ4n) is 0.910. The number of hydrogen-bond donors (Lipinski definition) is 2. The van der Waals surface area contributed by atoms with Gasteiger partial charge in [-0.3, -0.25) is 10.1 Å². The molecule has 0 radical (unpaired) electrons. The Kier molecular flexibility index (Phi) is 4.01. The van der Waals surface area contributed by atoms with E-state index in [0.29, 0.717) is 20.4 Å². The van der Waals surface area contributed by atoms with Crippen molar-refractivity contribution in [2.24, 2.45) is 0 Å². The van der Waals surface area contributed by atoms with Gasteiger partial charge in [0.05, 0.1) is 0 Å². The van der Waals surface area contributed by atoms with Gasteiger partial charge in [-0.25, -0.2) is 4.79 Å². The molecule has 2 aliphatic rings. The summed E-state index contributed by atoms with van der Waals surface area (Å²) in [4.78, 5) is 21.1. The Morgan fingerprint density at radius 3 is 1.67 bits per heavy atom. The molecular weight excluding hydrogens is 204 g/mol. The van der Waals surface area contributed by atoms with E-state index in [1.165, 1.54) is 0 Å². The second-order valence-corrected chi connectivity index (χ2v) is 3.50. The highest BCUT2D eigenvalue weighted by atomic mass is 16.8. The third-order valence-electron chi connectivity index (χ3n) is 1.72. The molecule has 0 spiro atoms. The standard InChI is InChI=1S/C5H8N2O2.C3H6O3/c1-5(2)3(8)6-4(9)7-5;1-4-2-6-3-5-1/h1-2H3,(H2,6,7,8,9);1-3H2. The minimum atomic E-state index is -0.725. The number of carbonyl (C=O) groups excluding carboxylic acids is 2. The summed E-state index contributed by atoms with van der Waals surface area (Å²) < 4.78 is 13.9. The maximum absolute atomic E-state index is 10.7. The van der Waals surface area contributed by atoms with Gasteiger partial charge >= 0.3 is 6.03 Å². The molecule has 3 amide bonds. The first-order chi connectivity index (χ1) is 7.02. The molecule has 0 bridgehead atoms. The van der Waals surface area contributed by atoms with Gasteiger partial charge in [-0.1, -0.05) is 0 Å². The Hall–Kier alpha value is -1.18. The normalized spacial score (nSPS) is 23.6. The van der Waals surface area contributed by atoms with Crippen molar-refractivity contribution < 1.29 is 23.8 Å². The number of carbonyl (C=O) groups is 2. The van der Waals surface area contributed by atoms with Crippen LogP contribution >= 0.6 is 0 Å². The van der Waals surface area contributed by atoms with Crippen molar-refractivity contribution in [3.63, 3.8) is 0 Å². The Labute approximate surface area is 87.1 Å². The van der Waals surface area contributed by atoms with E-state index in [-0.39, 0.29) is 5.91 Å². The number of imide groups is 1. The molecule has 2 heterocycles. The molecule has 86 valence electrons. The molecule has 0 aromatic carbocycles. The second kappa shape index (κ2) is 5.06. The average Bonchev–Trinajstić information content (AvgIpc) is 2.42. The first-order valence-electron chi connectivity index (χ1n) is 4.39. The quantitative estimate of drug-likeness (QED) is 0.537. The van der Waals surface area contributed by atoms with Crippen LogP contribution in [0.4, 0.5) is 4.79 Å². The van der Waals surface area contributed by atoms with E-state index in [9.17, 15) is 9.59 Å². The van der Waals surface area contributed by atoms with Crippen molar-refractivity contribution in [1.29, 1.82) is 0 Å². The van der Waals surface area contributed by atoms with Crippen LogP contribution in [0.1, 0.15) is 13.8 Å². The maximum atomic E-state index is 10.7. The lowest BCUT2D eigenvalue weighted by molar-refractivity contribution is -0.247. The third kappa shape index (κ3) is 3.82. The average molecular weight is 218 g/mol. The van der Waals surface area contributed by atoms with Gasteiger partial charge in [-0.15, -0.1) is 0 Å². The first-order valence-corrected chi connectivity index (χ1v) is 4.39. The largest absolute Gasteiger partial charge is 0.329 e. The SMILES string of the molecule is C1OCOCO1.CC1(C)NC(=O)NC1=O. The van der Waals surface area contributed by atoms with E-state index in [0.717, 1.165) is 0 Å². The highest BCUT2D eigenvalue weighted by Gasteiger charge is 2.36. The topological polar surface area (TPSA) is 85.9 Å². The molecule has 15 heavy (non-hydrogen) atoms. The summed E-state index contributed by atoms with van der Waals surface area (Å²) in [7, 11) is 0. The van der Waals surface area contributed by atoms with Crippen molar-refractivity contribution in [1.82, 2.24) is 10.6 Å².